The van der Waals surface area contributed by atoms with E-state index in [4.69, 9.17) is 5.73 Å². The average molecular weight is 345 g/mol. The molecule has 0 fully saturated rings. The maximum Gasteiger partial charge on any atom is 0.353 e. The summed E-state index contributed by atoms with van der Waals surface area (Å²) < 4.78 is 4.49. The monoisotopic (exact) mass is 345 g/mol. The predicted molar refractivity (Wildman–Crippen MR) is 87.4 cm³/mol. The van der Waals surface area contributed by atoms with E-state index in [9.17, 15) is 24.3 Å². The van der Waals surface area contributed by atoms with Gasteiger partial charge in [-0.3, -0.25) is 4.79 Å². The summed E-state index contributed by atoms with van der Waals surface area (Å²) in [5.41, 5.74) is 5.26. The van der Waals surface area contributed by atoms with E-state index >= 15 is 0 Å². The van der Waals surface area contributed by atoms with Gasteiger partial charge in [-0.25, -0.2) is 14.4 Å². The number of nitrogens with one attached hydrogen (secondary N) is 2. The zero-order chi connectivity index (χ0) is 18.7. The molecule has 1 heterocycles. The van der Waals surface area contributed by atoms with Crippen molar-refractivity contribution in [2.45, 2.75) is 13.8 Å². The number of ether oxygens (including phenoxy) is 1. The lowest BCUT2D eigenvalue weighted by atomic mass is 10.0. The molecule has 0 radical (unpaired) electrons. The molecule has 2 amide bonds. The van der Waals surface area contributed by atoms with E-state index in [-0.39, 0.29) is 11.3 Å². The number of carbonyl (C=O) groups excluding carboxylic acids is 4. The highest BCUT2D eigenvalue weighted by Crippen LogP contribution is 2.26. The van der Waals surface area contributed by atoms with E-state index in [0.29, 0.717) is 11.4 Å². The average Bonchev–Trinajstić information content (AvgIpc) is 2.47. The van der Waals surface area contributed by atoms with Gasteiger partial charge < -0.3 is 26.2 Å². The lowest BCUT2D eigenvalue weighted by molar-refractivity contribution is -0.155. The fraction of sp³-hybridized carbons (Fsp3) is 0.125. The number of Topliss-reactive ketones (excluding diaryl/α,β-unsaturated/α-hetero) is 1. The fourth-order valence-electron chi connectivity index (χ4n) is 2.20. The smallest absolute Gasteiger partial charge is 0.353 e. The van der Waals surface area contributed by atoms with E-state index in [0.717, 1.165) is 6.92 Å². The van der Waals surface area contributed by atoms with Crippen molar-refractivity contribution in [1.82, 2.24) is 0 Å². The second-order valence-corrected chi connectivity index (χ2v) is 5.15. The van der Waals surface area contributed by atoms with Crippen LogP contribution in [-0.2, 0) is 19.1 Å². The number of ketones is 1. The van der Waals surface area contributed by atoms with Crippen LogP contribution in [0.1, 0.15) is 13.8 Å². The summed E-state index contributed by atoms with van der Waals surface area (Å²) in [4.78, 5) is 45.7. The molecule has 5 N–H and O–H groups in total. The Morgan fingerprint density at radius 2 is 1.52 bits per heavy atom. The molecule has 0 unspecified atom stereocenters. The van der Waals surface area contributed by atoms with Crippen LogP contribution in [-0.4, -0.2) is 28.9 Å². The summed E-state index contributed by atoms with van der Waals surface area (Å²) in [6, 6.07) is 5.58. The van der Waals surface area contributed by atoms with Crippen molar-refractivity contribution in [1.29, 1.82) is 0 Å². The van der Waals surface area contributed by atoms with Crippen molar-refractivity contribution in [3.63, 3.8) is 0 Å². The normalized spacial score (nSPS) is 16.2. The standard InChI is InChI=1S/C16H15N3O6/c1-7(18-9-3-5-10(6-4-9)19-16(17)24)11-13(21)12(8(2)20)15(23)25-14(11)22/h3-6,18,21H,1-2H3,(H3,17,19,24)/b11-7-. The highest BCUT2D eigenvalue weighted by atomic mass is 16.6. The topological polar surface area (TPSA) is 148 Å². The molecule has 0 atom stereocenters. The van der Waals surface area contributed by atoms with Gasteiger partial charge in [0, 0.05) is 17.1 Å². The Balaban J connectivity index is 2.35. The Hall–Kier alpha value is -3.62. The Labute approximate surface area is 142 Å². The van der Waals surface area contributed by atoms with Gasteiger partial charge >= 0.3 is 18.0 Å². The van der Waals surface area contributed by atoms with Crippen molar-refractivity contribution in [2.75, 3.05) is 10.6 Å². The van der Waals surface area contributed by atoms with E-state index in [1.54, 1.807) is 24.3 Å². The van der Waals surface area contributed by atoms with Gasteiger partial charge in [0.15, 0.2) is 5.78 Å². The molecular weight excluding hydrogens is 330 g/mol. The lowest BCUT2D eigenvalue weighted by Crippen LogP contribution is -2.29. The maximum absolute atomic E-state index is 11.9. The minimum atomic E-state index is -1.19. The molecule has 0 aliphatic carbocycles. The van der Waals surface area contributed by atoms with Gasteiger partial charge in [-0.2, -0.15) is 0 Å². The molecule has 9 nitrogen and oxygen atoms in total. The number of rotatable bonds is 4. The summed E-state index contributed by atoms with van der Waals surface area (Å²) in [6.07, 6.45) is 0. The van der Waals surface area contributed by atoms with E-state index < -0.39 is 35.1 Å². The van der Waals surface area contributed by atoms with Crippen LogP contribution < -0.4 is 16.4 Å². The number of aliphatic hydroxyl groups is 1. The van der Waals surface area contributed by atoms with Gasteiger partial charge in [-0.15, -0.1) is 0 Å². The zero-order valence-electron chi connectivity index (χ0n) is 13.4. The molecule has 2 rings (SSSR count). The first-order chi connectivity index (χ1) is 11.7. The number of anilines is 2. The third-order valence-corrected chi connectivity index (χ3v) is 3.28. The van der Waals surface area contributed by atoms with Crippen LogP contribution in [0.4, 0.5) is 16.2 Å². The number of esters is 2. The molecule has 9 heteroatoms. The first kappa shape index (κ1) is 17.7. The van der Waals surface area contributed by atoms with Crippen molar-refractivity contribution in [3.8, 4) is 0 Å². The highest BCUT2D eigenvalue weighted by Gasteiger charge is 2.36. The molecular formula is C16H15N3O6. The zero-order valence-corrected chi connectivity index (χ0v) is 13.4. The molecule has 1 aliphatic rings. The van der Waals surface area contributed by atoms with E-state index in [1.807, 2.05) is 0 Å². The van der Waals surface area contributed by atoms with Gasteiger partial charge in [0.05, 0.1) is 0 Å². The maximum atomic E-state index is 11.9. The van der Waals surface area contributed by atoms with Crippen LogP contribution in [0.15, 0.2) is 46.9 Å². The summed E-state index contributed by atoms with van der Waals surface area (Å²) in [5.74, 6) is -3.70. The van der Waals surface area contributed by atoms with Crippen molar-refractivity contribution in [3.05, 3.63) is 46.9 Å². The van der Waals surface area contributed by atoms with Crippen molar-refractivity contribution in [2.24, 2.45) is 5.73 Å². The number of nitrogens with two attached hydrogens (primary N) is 1. The molecule has 0 saturated heterocycles. The van der Waals surface area contributed by atoms with Gasteiger partial charge in [0.2, 0.25) is 0 Å². The van der Waals surface area contributed by atoms with Crippen LogP contribution >= 0.6 is 0 Å². The summed E-state index contributed by atoms with van der Waals surface area (Å²) in [6.45, 7) is 2.55. The van der Waals surface area contributed by atoms with Crippen LogP contribution in [0.25, 0.3) is 0 Å². The number of allylic oxidation sites excluding steroid dienone is 1. The molecule has 1 aromatic rings. The molecule has 0 bridgehead atoms. The number of benzene rings is 1. The minimum Gasteiger partial charge on any atom is -0.506 e. The molecule has 1 aliphatic heterocycles. The molecule has 0 saturated carbocycles. The van der Waals surface area contributed by atoms with Crippen molar-refractivity contribution < 1.29 is 29.0 Å². The molecule has 25 heavy (non-hydrogen) atoms. The number of primary amides is 1. The quantitative estimate of drug-likeness (QED) is 0.278. The second kappa shape index (κ2) is 6.87. The largest absolute Gasteiger partial charge is 0.506 e. The van der Waals surface area contributed by atoms with Gasteiger partial charge in [0.1, 0.15) is 16.9 Å². The summed E-state index contributed by atoms with van der Waals surface area (Å²) in [7, 11) is 0. The Bertz CT molecular complexity index is 836. The van der Waals surface area contributed by atoms with Gasteiger partial charge in [-0.1, -0.05) is 0 Å². The highest BCUT2D eigenvalue weighted by molar-refractivity contribution is 6.23. The first-order valence-electron chi connectivity index (χ1n) is 7.06. The molecule has 0 aromatic heterocycles. The number of hydrogen-bond acceptors (Lipinski definition) is 7. The number of amides is 2. The van der Waals surface area contributed by atoms with Crippen LogP contribution in [0.3, 0.4) is 0 Å². The Morgan fingerprint density at radius 1 is 1.00 bits per heavy atom. The Morgan fingerprint density at radius 3 is 2.00 bits per heavy atom. The third kappa shape index (κ3) is 3.83. The number of carbonyl (C=O) groups is 4. The number of aliphatic hydroxyl groups excluding tert-OH is 1. The van der Waals surface area contributed by atoms with Crippen LogP contribution in [0, 0.1) is 0 Å². The van der Waals surface area contributed by atoms with Crippen LogP contribution in [0.2, 0.25) is 0 Å². The fourth-order valence-corrected chi connectivity index (χ4v) is 2.20. The SMILES string of the molecule is CC(=O)C1=C(O)/C(=C(\C)Nc2ccc(NC(N)=O)cc2)C(=O)OC1=O. The van der Waals surface area contributed by atoms with Crippen LogP contribution in [0.5, 0.6) is 0 Å². The number of urea groups is 1. The van der Waals surface area contributed by atoms with E-state index in [2.05, 4.69) is 15.4 Å². The second-order valence-electron chi connectivity index (χ2n) is 5.15. The third-order valence-electron chi connectivity index (χ3n) is 3.28. The summed E-state index contributed by atoms with van der Waals surface area (Å²) >= 11 is 0. The predicted octanol–water partition coefficient (Wildman–Crippen LogP) is 1.35. The van der Waals surface area contributed by atoms with E-state index in [1.165, 1.54) is 6.92 Å². The number of cyclic esters (lactones) is 2. The summed E-state index contributed by atoms with van der Waals surface area (Å²) in [5, 5.41) is 15.3. The Kier molecular flexibility index (Phi) is 4.87. The molecule has 0 spiro atoms. The first-order valence-corrected chi connectivity index (χ1v) is 7.06. The van der Waals surface area contributed by atoms with Crippen molar-refractivity contribution >= 4 is 35.1 Å². The number of hydrogen-bond donors (Lipinski definition) is 4. The molecule has 1 aromatic carbocycles. The molecule has 130 valence electrons. The minimum absolute atomic E-state index is 0.171. The van der Waals surface area contributed by atoms with Gasteiger partial charge in [-0.05, 0) is 38.1 Å². The van der Waals surface area contributed by atoms with Gasteiger partial charge in [0.25, 0.3) is 0 Å². The lowest BCUT2D eigenvalue weighted by Gasteiger charge is -2.18.